The molecule has 0 aliphatic carbocycles. The van der Waals surface area contributed by atoms with E-state index < -0.39 is 0 Å². The second-order valence-corrected chi connectivity index (χ2v) is 7.06. The third-order valence-corrected chi connectivity index (χ3v) is 4.90. The highest BCUT2D eigenvalue weighted by atomic mass is 35.5. The Labute approximate surface area is 165 Å². The molecule has 0 radical (unpaired) electrons. The fraction of sp³-hybridized carbons (Fsp3) is 0.211. The second kappa shape index (κ2) is 7.21. The van der Waals surface area contributed by atoms with E-state index in [1.54, 1.807) is 42.3 Å². The van der Waals surface area contributed by atoms with E-state index in [2.05, 4.69) is 10.1 Å². The molecule has 1 atom stereocenters. The molecule has 0 bridgehead atoms. The van der Waals surface area contributed by atoms with Crippen molar-refractivity contribution < 1.29 is 14.1 Å². The molecule has 0 saturated carbocycles. The van der Waals surface area contributed by atoms with Gasteiger partial charge in [0.05, 0.1) is 18.7 Å². The Kier molecular flexibility index (Phi) is 4.76. The highest BCUT2D eigenvalue weighted by Crippen LogP contribution is 2.38. The summed E-state index contributed by atoms with van der Waals surface area (Å²) in [5, 5.41) is 5.14. The number of ether oxygens (including phenoxy) is 1. The first-order valence-corrected chi connectivity index (χ1v) is 9.04. The number of nitrogens with zero attached hydrogens (tertiary/aromatic N) is 3. The van der Waals surface area contributed by atoms with Crippen molar-refractivity contribution in [3.63, 3.8) is 0 Å². The van der Waals surface area contributed by atoms with Crippen LogP contribution in [0.1, 0.15) is 18.2 Å². The van der Waals surface area contributed by atoms with E-state index in [0.29, 0.717) is 39.7 Å². The predicted molar refractivity (Wildman–Crippen MR) is 102 cm³/mol. The molecule has 1 aromatic heterocycles. The maximum atomic E-state index is 12.6. The summed E-state index contributed by atoms with van der Waals surface area (Å²) in [6.07, 6.45) is 0.271. The van der Waals surface area contributed by atoms with Crippen LogP contribution in [-0.4, -0.2) is 29.7 Å². The Morgan fingerprint density at radius 3 is 2.78 bits per heavy atom. The Morgan fingerprint density at radius 2 is 2.00 bits per heavy atom. The molecule has 8 heteroatoms. The molecule has 1 unspecified atom stereocenters. The van der Waals surface area contributed by atoms with E-state index in [1.807, 2.05) is 12.1 Å². The molecular weight excluding hydrogens is 389 g/mol. The van der Waals surface area contributed by atoms with Crippen LogP contribution in [0.2, 0.25) is 10.0 Å². The first kappa shape index (κ1) is 17.8. The third-order valence-electron chi connectivity index (χ3n) is 4.43. The maximum absolute atomic E-state index is 12.6. The van der Waals surface area contributed by atoms with Gasteiger partial charge < -0.3 is 14.2 Å². The van der Waals surface area contributed by atoms with Gasteiger partial charge in [-0.1, -0.05) is 40.5 Å². The summed E-state index contributed by atoms with van der Waals surface area (Å²) in [7, 11) is 1.56. The zero-order valence-electron chi connectivity index (χ0n) is 14.4. The van der Waals surface area contributed by atoms with Crippen molar-refractivity contribution in [1.29, 1.82) is 0 Å². The average molecular weight is 404 g/mol. The van der Waals surface area contributed by atoms with Gasteiger partial charge in [0.1, 0.15) is 5.75 Å². The van der Waals surface area contributed by atoms with E-state index in [1.165, 1.54) is 0 Å². The highest BCUT2D eigenvalue weighted by molar-refractivity contribution is 6.31. The zero-order valence-corrected chi connectivity index (χ0v) is 15.9. The van der Waals surface area contributed by atoms with E-state index in [9.17, 15) is 4.79 Å². The SMILES string of the molecule is COc1ccc(Cl)cc1N1CC(c2nc(-c3cccc(Cl)c3)no2)CC1=O. The summed E-state index contributed by atoms with van der Waals surface area (Å²) in [4.78, 5) is 18.7. The van der Waals surface area contributed by atoms with Crippen LogP contribution in [0, 0.1) is 0 Å². The minimum atomic E-state index is -0.207. The van der Waals surface area contributed by atoms with Crippen molar-refractivity contribution >= 4 is 34.8 Å². The zero-order chi connectivity index (χ0) is 19.0. The molecule has 138 valence electrons. The summed E-state index contributed by atoms with van der Waals surface area (Å²) >= 11 is 12.1. The Balaban J connectivity index is 1.59. The van der Waals surface area contributed by atoms with Crippen molar-refractivity contribution in [2.24, 2.45) is 0 Å². The van der Waals surface area contributed by atoms with Crippen LogP contribution >= 0.6 is 23.2 Å². The largest absolute Gasteiger partial charge is 0.495 e. The number of amides is 1. The fourth-order valence-corrected chi connectivity index (χ4v) is 3.48. The lowest BCUT2D eigenvalue weighted by molar-refractivity contribution is -0.117. The number of halogens is 2. The fourth-order valence-electron chi connectivity index (χ4n) is 3.13. The number of benzene rings is 2. The summed E-state index contributed by atoms with van der Waals surface area (Å²) < 4.78 is 10.8. The third kappa shape index (κ3) is 3.50. The molecule has 0 spiro atoms. The van der Waals surface area contributed by atoms with Crippen LogP contribution in [0.25, 0.3) is 11.4 Å². The van der Waals surface area contributed by atoms with E-state index in [-0.39, 0.29) is 18.2 Å². The second-order valence-electron chi connectivity index (χ2n) is 6.19. The van der Waals surface area contributed by atoms with Gasteiger partial charge in [-0.15, -0.1) is 0 Å². The van der Waals surface area contributed by atoms with Gasteiger partial charge in [0, 0.05) is 28.6 Å². The van der Waals surface area contributed by atoms with Crippen LogP contribution in [0.15, 0.2) is 47.0 Å². The van der Waals surface area contributed by atoms with Crippen LogP contribution in [0.3, 0.4) is 0 Å². The number of methoxy groups -OCH3 is 1. The molecule has 1 amide bonds. The van der Waals surface area contributed by atoms with Gasteiger partial charge in [0.2, 0.25) is 17.6 Å². The number of hydrogen-bond donors (Lipinski definition) is 0. The molecule has 1 aliphatic heterocycles. The van der Waals surface area contributed by atoms with Crippen molar-refractivity contribution in [2.45, 2.75) is 12.3 Å². The van der Waals surface area contributed by atoms with E-state index in [0.717, 1.165) is 5.56 Å². The molecule has 3 aromatic rings. The molecule has 27 heavy (non-hydrogen) atoms. The summed E-state index contributed by atoms with van der Waals surface area (Å²) in [5.74, 6) is 1.18. The van der Waals surface area contributed by atoms with Crippen LogP contribution < -0.4 is 9.64 Å². The quantitative estimate of drug-likeness (QED) is 0.637. The van der Waals surface area contributed by atoms with Gasteiger partial charge in [-0.2, -0.15) is 4.98 Å². The lowest BCUT2D eigenvalue weighted by Gasteiger charge is -2.19. The minimum absolute atomic E-state index is 0.0527. The van der Waals surface area contributed by atoms with Crippen LogP contribution in [0.5, 0.6) is 5.75 Å². The normalized spacial score (nSPS) is 16.8. The van der Waals surface area contributed by atoms with Gasteiger partial charge in [-0.05, 0) is 30.3 Å². The van der Waals surface area contributed by atoms with Crippen LogP contribution in [-0.2, 0) is 4.79 Å². The van der Waals surface area contributed by atoms with Gasteiger partial charge >= 0.3 is 0 Å². The summed E-state index contributed by atoms with van der Waals surface area (Å²) in [5.41, 5.74) is 1.39. The van der Waals surface area contributed by atoms with Crippen molar-refractivity contribution in [2.75, 3.05) is 18.6 Å². The van der Waals surface area contributed by atoms with Crippen LogP contribution in [0.4, 0.5) is 5.69 Å². The molecule has 4 rings (SSSR count). The lowest BCUT2D eigenvalue weighted by Crippen LogP contribution is -2.24. The molecule has 0 N–H and O–H groups in total. The highest BCUT2D eigenvalue weighted by Gasteiger charge is 2.36. The number of aromatic nitrogens is 2. The number of carbonyl (C=O) groups is 1. The average Bonchev–Trinajstić information content (AvgIpc) is 3.28. The Bertz CT molecular complexity index is 1010. The monoisotopic (exact) mass is 403 g/mol. The van der Waals surface area contributed by atoms with E-state index >= 15 is 0 Å². The Hall–Kier alpha value is -2.57. The number of anilines is 1. The smallest absolute Gasteiger partial charge is 0.232 e. The molecular formula is C19H15Cl2N3O3. The molecule has 1 saturated heterocycles. The van der Waals surface area contributed by atoms with Crippen molar-refractivity contribution in [3.05, 3.63) is 58.4 Å². The molecule has 1 fully saturated rings. The molecule has 2 aromatic carbocycles. The molecule has 1 aliphatic rings. The van der Waals surface area contributed by atoms with Crippen molar-refractivity contribution in [3.8, 4) is 17.1 Å². The summed E-state index contributed by atoms with van der Waals surface area (Å²) in [6.45, 7) is 0.409. The molecule has 6 nitrogen and oxygen atoms in total. The Morgan fingerprint density at radius 1 is 1.19 bits per heavy atom. The minimum Gasteiger partial charge on any atom is -0.495 e. The number of carbonyl (C=O) groups excluding carboxylic acids is 1. The number of hydrogen-bond acceptors (Lipinski definition) is 5. The number of rotatable bonds is 4. The van der Waals surface area contributed by atoms with Gasteiger partial charge in [0.15, 0.2) is 0 Å². The van der Waals surface area contributed by atoms with Gasteiger partial charge in [-0.3, -0.25) is 4.79 Å². The molecule has 2 heterocycles. The van der Waals surface area contributed by atoms with Gasteiger partial charge in [-0.25, -0.2) is 0 Å². The first-order valence-electron chi connectivity index (χ1n) is 8.28. The summed E-state index contributed by atoms with van der Waals surface area (Å²) in [6, 6.07) is 12.4. The van der Waals surface area contributed by atoms with Gasteiger partial charge in [0.25, 0.3) is 0 Å². The first-order chi connectivity index (χ1) is 13.0. The van der Waals surface area contributed by atoms with E-state index in [4.69, 9.17) is 32.5 Å². The topological polar surface area (TPSA) is 68.5 Å². The predicted octanol–water partition coefficient (Wildman–Crippen LogP) is 4.57. The lowest BCUT2D eigenvalue weighted by atomic mass is 10.1. The maximum Gasteiger partial charge on any atom is 0.232 e. The van der Waals surface area contributed by atoms with Crippen molar-refractivity contribution in [1.82, 2.24) is 10.1 Å². The standard InChI is InChI=1S/C19H15Cl2N3O3/c1-26-16-6-5-14(21)9-15(16)24-10-12(8-17(24)25)19-22-18(23-27-19)11-3-2-4-13(20)7-11/h2-7,9,12H,8,10H2,1H3.